The lowest BCUT2D eigenvalue weighted by Crippen LogP contribution is -2.38. The number of urea groups is 1. The zero-order chi connectivity index (χ0) is 26.9. The Bertz CT molecular complexity index is 1620. The van der Waals surface area contributed by atoms with Gasteiger partial charge in [0.1, 0.15) is 11.6 Å². The number of hydrogen-bond donors (Lipinski definition) is 1. The van der Waals surface area contributed by atoms with Gasteiger partial charge in [-0.05, 0) is 73.0 Å². The monoisotopic (exact) mass is 517 g/mol. The first-order valence-electron chi connectivity index (χ1n) is 13.2. The molecule has 2 amide bonds. The molecule has 1 aliphatic heterocycles. The van der Waals surface area contributed by atoms with E-state index in [0.717, 1.165) is 51.9 Å². The van der Waals surface area contributed by atoms with Crippen LogP contribution in [0.25, 0.3) is 11.5 Å². The molecule has 7 heteroatoms. The standard InChI is InChI=1S/C32H31N5O2/c1-4-23-15-17-25(18-16-23)33-32(38)36-21-28-22(2)34-37(26-11-6-5-7-12-26)31(28)35-19-9-14-29(35)30(36)24-10-8-13-27(20-24)39-3/h5-20,30H,4,21H2,1-3H3,(H,33,38). The molecule has 0 fully saturated rings. The van der Waals surface area contributed by atoms with Crippen LogP contribution in [0.1, 0.15) is 41.0 Å². The Kier molecular flexibility index (Phi) is 6.40. The van der Waals surface area contributed by atoms with E-state index in [1.807, 2.05) is 95.5 Å². The molecule has 3 aromatic carbocycles. The summed E-state index contributed by atoms with van der Waals surface area (Å²) in [4.78, 5) is 16.0. The molecule has 1 unspecified atom stereocenters. The van der Waals surface area contributed by atoms with Gasteiger partial charge in [-0.2, -0.15) is 5.10 Å². The Morgan fingerprint density at radius 1 is 1.00 bits per heavy atom. The highest BCUT2D eigenvalue weighted by atomic mass is 16.5. The van der Waals surface area contributed by atoms with Gasteiger partial charge in [-0.25, -0.2) is 9.48 Å². The Labute approximate surface area is 228 Å². The third kappa shape index (κ3) is 4.46. The van der Waals surface area contributed by atoms with Gasteiger partial charge in [-0.15, -0.1) is 0 Å². The van der Waals surface area contributed by atoms with Crippen molar-refractivity contribution in [2.75, 3.05) is 12.4 Å². The minimum Gasteiger partial charge on any atom is -0.497 e. The van der Waals surface area contributed by atoms with Gasteiger partial charge in [-0.3, -0.25) is 0 Å². The predicted octanol–water partition coefficient (Wildman–Crippen LogP) is 6.68. The number of hydrogen-bond acceptors (Lipinski definition) is 3. The van der Waals surface area contributed by atoms with Gasteiger partial charge in [0.15, 0.2) is 0 Å². The van der Waals surface area contributed by atoms with Gasteiger partial charge in [-0.1, -0.05) is 49.4 Å². The topological polar surface area (TPSA) is 64.3 Å². The highest BCUT2D eigenvalue weighted by Gasteiger charge is 2.36. The SMILES string of the molecule is CCc1ccc(NC(=O)N2Cc3c(C)nn(-c4ccccc4)c3-n3cccc3C2c2cccc(OC)c2)cc1. The number of nitrogens with one attached hydrogen (secondary N) is 1. The minimum atomic E-state index is -0.360. The summed E-state index contributed by atoms with van der Waals surface area (Å²) in [5.74, 6) is 1.68. The molecular weight excluding hydrogens is 486 g/mol. The molecule has 2 aromatic heterocycles. The second-order valence-electron chi connectivity index (χ2n) is 9.73. The molecule has 5 aromatic rings. The predicted molar refractivity (Wildman–Crippen MR) is 153 cm³/mol. The maximum Gasteiger partial charge on any atom is 0.322 e. The van der Waals surface area contributed by atoms with Crippen molar-refractivity contribution >= 4 is 11.7 Å². The minimum absolute atomic E-state index is 0.181. The molecule has 0 bridgehead atoms. The average molecular weight is 518 g/mol. The van der Waals surface area contributed by atoms with Gasteiger partial charge in [0.05, 0.1) is 36.8 Å². The smallest absolute Gasteiger partial charge is 0.322 e. The van der Waals surface area contributed by atoms with Crippen molar-refractivity contribution in [1.29, 1.82) is 0 Å². The fourth-order valence-corrected chi connectivity index (χ4v) is 5.33. The average Bonchev–Trinajstić information content (AvgIpc) is 3.54. The van der Waals surface area contributed by atoms with Crippen LogP contribution < -0.4 is 10.1 Å². The molecule has 0 aliphatic carbocycles. The zero-order valence-electron chi connectivity index (χ0n) is 22.3. The summed E-state index contributed by atoms with van der Waals surface area (Å²) in [6.45, 7) is 4.51. The first kappa shape index (κ1) is 24.6. The Balaban J connectivity index is 1.51. The Hall–Kier alpha value is -4.78. The molecule has 39 heavy (non-hydrogen) atoms. The van der Waals surface area contributed by atoms with Gasteiger partial charge < -0.3 is 19.5 Å². The first-order valence-corrected chi connectivity index (χ1v) is 13.2. The largest absolute Gasteiger partial charge is 0.497 e. The van der Waals surface area contributed by atoms with Crippen LogP contribution >= 0.6 is 0 Å². The number of carbonyl (C=O) groups is 1. The molecule has 0 radical (unpaired) electrons. The number of para-hydroxylation sites is 1. The van der Waals surface area contributed by atoms with E-state index in [-0.39, 0.29) is 12.1 Å². The molecule has 6 rings (SSSR count). The van der Waals surface area contributed by atoms with E-state index < -0.39 is 0 Å². The lowest BCUT2D eigenvalue weighted by molar-refractivity contribution is 0.194. The van der Waals surface area contributed by atoms with E-state index in [1.165, 1.54) is 5.56 Å². The van der Waals surface area contributed by atoms with Gasteiger partial charge in [0.25, 0.3) is 0 Å². The van der Waals surface area contributed by atoms with E-state index in [9.17, 15) is 4.79 Å². The van der Waals surface area contributed by atoms with Gasteiger partial charge >= 0.3 is 6.03 Å². The fraction of sp³-hybridized carbons (Fsp3) is 0.188. The number of ether oxygens (including phenoxy) is 1. The molecule has 0 spiro atoms. The van der Waals surface area contributed by atoms with E-state index in [1.54, 1.807) is 7.11 Å². The number of aromatic nitrogens is 3. The van der Waals surface area contributed by atoms with Crippen LogP contribution in [0.5, 0.6) is 5.75 Å². The van der Waals surface area contributed by atoms with Crippen molar-refractivity contribution in [2.45, 2.75) is 32.9 Å². The highest BCUT2D eigenvalue weighted by Crippen LogP contribution is 2.39. The van der Waals surface area contributed by atoms with E-state index >= 15 is 0 Å². The molecule has 1 aliphatic rings. The Morgan fingerprint density at radius 3 is 2.54 bits per heavy atom. The summed E-state index contributed by atoms with van der Waals surface area (Å²) in [6, 6.07) is 29.6. The lowest BCUT2D eigenvalue weighted by atomic mass is 10.0. The summed E-state index contributed by atoms with van der Waals surface area (Å²) >= 11 is 0. The number of benzene rings is 3. The summed E-state index contributed by atoms with van der Waals surface area (Å²) in [5, 5.41) is 8.07. The van der Waals surface area contributed by atoms with Crippen LogP contribution in [-0.4, -0.2) is 32.4 Å². The van der Waals surface area contributed by atoms with Crippen LogP contribution in [0.4, 0.5) is 10.5 Å². The van der Waals surface area contributed by atoms with Crippen LogP contribution in [0, 0.1) is 6.92 Å². The third-order valence-electron chi connectivity index (χ3n) is 7.37. The normalized spacial score (nSPS) is 14.3. The summed E-state index contributed by atoms with van der Waals surface area (Å²) in [7, 11) is 1.66. The Morgan fingerprint density at radius 2 is 1.79 bits per heavy atom. The quantitative estimate of drug-likeness (QED) is 0.283. The number of anilines is 1. The molecule has 3 heterocycles. The van der Waals surface area contributed by atoms with Crippen LogP contribution in [-0.2, 0) is 13.0 Å². The van der Waals surface area contributed by atoms with Gasteiger partial charge in [0.2, 0.25) is 0 Å². The zero-order valence-corrected chi connectivity index (χ0v) is 22.3. The third-order valence-corrected chi connectivity index (χ3v) is 7.37. The van der Waals surface area contributed by atoms with Crippen molar-refractivity contribution in [1.82, 2.24) is 19.2 Å². The summed E-state index contributed by atoms with van der Waals surface area (Å²) < 4.78 is 9.70. The van der Waals surface area contributed by atoms with E-state index in [0.29, 0.717) is 6.54 Å². The molecule has 0 saturated heterocycles. The van der Waals surface area contributed by atoms with Crippen molar-refractivity contribution in [3.05, 3.63) is 125 Å². The number of aryl methyl sites for hydroxylation is 2. The molecule has 0 saturated carbocycles. The highest BCUT2D eigenvalue weighted by molar-refractivity contribution is 5.90. The van der Waals surface area contributed by atoms with Crippen LogP contribution in [0.2, 0.25) is 0 Å². The molecule has 1 atom stereocenters. The number of methoxy groups -OCH3 is 1. The van der Waals surface area contributed by atoms with Crippen molar-refractivity contribution in [2.24, 2.45) is 0 Å². The number of amides is 2. The summed E-state index contributed by atoms with van der Waals surface area (Å²) in [6.07, 6.45) is 3.00. The van der Waals surface area contributed by atoms with Crippen molar-refractivity contribution in [3.63, 3.8) is 0 Å². The molecule has 7 nitrogen and oxygen atoms in total. The number of rotatable bonds is 5. The van der Waals surface area contributed by atoms with Crippen molar-refractivity contribution in [3.8, 4) is 17.3 Å². The first-order chi connectivity index (χ1) is 19.1. The van der Waals surface area contributed by atoms with E-state index in [4.69, 9.17) is 9.84 Å². The summed E-state index contributed by atoms with van der Waals surface area (Å²) in [5.41, 5.74) is 6.77. The maximum absolute atomic E-state index is 14.1. The number of nitrogens with zero attached hydrogens (tertiary/aromatic N) is 4. The number of fused-ring (bicyclic) bond motifs is 3. The molecule has 1 N–H and O–H groups in total. The van der Waals surface area contributed by atoms with Crippen LogP contribution in [0.3, 0.4) is 0 Å². The van der Waals surface area contributed by atoms with Crippen LogP contribution in [0.15, 0.2) is 97.2 Å². The lowest BCUT2D eigenvalue weighted by Gasteiger charge is -2.31. The van der Waals surface area contributed by atoms with Gasteiger partial charge in [0, 0.05) is 17.4 Å². The molecular formula is C32H31N5O2. The van der Waals surface area contributed by atoms with E-state index in [2.05, 4.69) is 35.0 Å². The maximum atomic E-state index is 14.1. The van der Waals surface area contributed by atoms with Crippen molar-refractivity contribution < 1.29 is 9.53 Å². The fourth-order valence-electron chi connectivity index (χ4n) is 5.33. The number of carbonyl (C=O) groups excluding carboxylic acids is 1. The second kappa shape index (κ2) is 10.2. The second-order valence-corrected chi connectivity index (χ2v) is 9.73. The molecule has 196 valence electrons.